The van der Waals surface area contributed by atoms with Gasteiger partial charge in [0.2, 0.25) is 0 Å². The van der Waals surface area contributed by atoms with E-state index in [0.29, 0.717) is 11.8 Å². The van der Waals surface area contributed by atoms with Crippen LogP contribution in [0.5, 0.6) is 0 Å². The fourth-order valence-electron chi connectivity index (χ4n) is 9.79. The largest absolute Gasteiger partial charge is 0.393 e. The molecular formula is C30H52O2. The lowest BCUT2D eigenvalue weighted by Gasteiger charge is -2.65. The van der Waals surface area contributed by atoms with E-state index in [1.54, 1.807) is 5.57 Å². The maximum atomic E-state index is 11.8. The van der Waals surface area contributed by atoms with Gasteiger partial charge in [-0.2, -0.15) is 0 Å². The molecule has 0 bridgehead atoms. The molecular weight excluding hydrogens is 392 g/mol. The number of hydrogen-bond donors (Lipinski definition) is 2. The van der Waals surface area contributed by atoms with E-state index in [2.05, 4.69) is 61.5 Å². The normalized spacial score (nSPS) is 48.6. The highest BCUT2D eigenvalue weighted by atomic mass is 16.3. The van der Waals surface area contributed by atoms with E-state index in [-0.39, 0.29) is 39.8 Å². The van der Waals surface area contributed by atoms with E-state index < -0.39 is 0 Å². The summed E-state index contributed by atoms with van der Waals surface area (Å²) in [6.45, 7) is 19.3. The molecule has 32 heavy (non-hydrogen) atoms. The molecule has 0 aromatic carbocycles. The summed E-state index contributed by atoms with van der Waals surface area (Å²) in [5.74, 6) is 2.96. The van der Waals surface area contributed by atoms with Crippen LogP contribution in [0.25, 0.3) is 0 Å². The summed E-state index contributed by atoms with van der Waals surface area (Å²) in [6.07, 6.45) is 12.6. The fourth-order valence-corrected chi connectivity index (χ4v) is 9.79. The number of rotatable bonds is 5. The van der Waals surface area contributed by atoms with E-state index in [4.69, 9.17) is 0 Å². The average Bonchev–Trinajstić information content (AvgIpc) is 2.96. The molecule has 9 atom stereocenters. The Hall–Kier alpha value is -0.340. The van der Waals surface area contributed by atoms with Crippen molar-refractivity contribution < 1.29 is 10.2 Å². The molecule has 4 rings (SSSR count). The number of allylic oxidation sites excluding steroid dienone is 1. The van der Waals surface area contributed by atoms with Crippen LogP contribution in [0.4, 0.5) is 0 Å². The molecule has 0 aromatic rings. The van der Waals surface area contributed by atoms with E-state index in [1.165, 1.54) is 32.1 Å². The Morgan fingerprint density at radius 1 is 0.969 bits per heavy atom. The summed E-state index contributed by atoms with van der Waals surface area (Å²) < 4.78 is 0. The van der Waals surface area contributed by atoms with Gasteiger partial charge in [0, 0.05) is 5.92 Å². The van der Waals surface area contributed by atoms with Gasteiger partial charge in [-0.05, 0) is 83.9 Å². The van der Waals surface area contributed by atoms with Gasteiger partial charge >= 0.3 is 0 Å². The molecule has 0 heterocycles. The highest BCUT2D eigenvalue weighted by Crippen LogP contribution is 2.73. The third-order valence-electron chi connectivity index (χ3n) is 11.9. The summed E-state index contributed by atoms with van der Waals surface area (Å²) >= 11 is 0. The molecule has 2 N–H and O–H groups in total. The molecule has 184 valence electrons. The zero-order valence-corrected chi connectivity index (χ0v) is 22.4. The molecule has 0 radical (unpaired) electrons. The molecule has 3 saturated carbocycles. The van der Waals surface area contributed by atoms with Crippen molar-refractivity contribution in [3.63, 3.8) is 0 Å². The van der Waals surface area contributed by atoms with Crippen LogP contribution in [0, 0.1) is 51.2 Å². The van der Waals surface area contributed by atoms with Gasteiger partial charge in [-0.25, -0.2) is 0 Å². The third-order valence-corrected chi connectivity index (χ3v) is 11.9. The predicted molar refractivity (Wildman–Crippen MR) is 134 cm³/mol. The monoisotopic (exact) mass is 444 g/mol. The van der Waals surface area contributed by atoms with Gasteiger partial charge in [0.15, 0.2) is 0 Å². The topological polar surface area (TPSA) is 40.5 Å². The minimum Gasteiger partial charge on any atom is -0.393 e. The molecule has 2 nitrogen and oxygen atoms in total. The average molecular weight is 445 g/mol. The van der Waals surface area contributed by atoms with Crippen molar-refractivity contribution in [2.24, 2.45) is 51.2 Å². The maximum Gasteiger partial charge on any atom is 0.0616 e. The zero-order chi connectivity index (χ0) is 23.7. The lowest BCUT2D eigenvalue weighted by atomic mass is 9.40. The Bertz CT molecular complexity index is 737. The van der Waals surface area contributed by atoms with Crippen molar-refractivity contribution in [1.29, 1.82) is 0 Å². The highest BCUT2D eigenvalue weighted by molar-refractivity contribution is 5.34. The first-order valence-electron chi connectivity index (χ1n) is 13.9. The predicted octanol–water partition coefficient (Wildman–Crippen LogP) is 7.39. The fraction of sp³-hybridized carbons (Fsp3) is 0.933. The van der Waals surface area contributed by atoms with Crippen molar-refractivity contribution in [2.75, 3.05) is 0 Å². The second-order valence-electron chi connectivity index (χ2n) is 14.3. The van der Waals surface area contributed by atoms with Gasteiger partial charge in [-0.15, -0.1) is 0 Å². The summed E-state index contributed by atoms with van der Waals surface area (Å²) in [6, 6.07) is 0. The van der Waals surface area contributed by atoms with Crippen LogP contribution in [0.3, 0.4) is 0 Å². The van der Waals surface area contributed by atoms with Gasteiger partial charge in [0.25, 0.3) is 0 Å². The zero-order valence-electron chi connectivity index (χ0n) is 22.4. The Labute approximate surface area is 198 Å². The van der Waals surface area contributed by atoms with E-state index in [9.17, 15) is 10.2 Å². The first-order chi connectivity index (χ1) is 14.8. The van der Waals surface area contributed by atoms with Crippen molar-refractivity contribution in [3.05, 3.63) is 11.6 Å². The van der Waals surface area contributed by atoms with Crippen LogP contribution in [-0.2, 0) is 0 Å². The number of hydrogen-bond acceptors (Lipinski definition) is 2. The standard InChI is InChI=1S/C30H52O2/c1-19(2)10-9-11-20(3)21-14-17-29(7)22-12-13-24-27(4,5)25(32)15-16-28(24,6)26(22)23(31)18-30(21,29)8/h12,19-21,23-26,31-32H,9-11,13-18H2,1-8H3/t20-,21-,23?,24+,25?,26-,28+,29+,30-/m1/s1. The number of fused-ring (bicyclic) bond motifs is 5. The Morgan fingerprint density at radius 2 is 1.66 bits per heavy atom. The molecule has 0 saturated heterocycles. The van der Waals surface area contributed by atoms with Crippen molar-refractivity contribution in [2.45, 2.75) is 125 Å². The molecule has 4 aliphatic carbocycles. The van der Waals surface area contributed by atoms with Gasteiger partial charge in [0.05, 0.1) is 12.2 Å². The van der Waals surface area contributed by atoms with E-state index in [1.807, 2.05) is 0 Å². The first kappa shape index (κ1) is 24.8. The minimum atomic E-state index is -0.248. The van der Waals surface area contributed by atoms with Gasteiger partial charge < -0.3 is 10.2 Å². The Kier molecular flexibility index (Phi) is 6.28. The Morgan fingerprint density at radius 3 is 2.31 bits per heavy atom. The third kappa shape index (κ3) is 3.40. The summed E-state index contributed by atoms with van der Waals surface area (Å²) in [4.78, 5) is 0. The van der Waals surface area contributed by atoms with Crippen LogP contribution in [0.15, 0.2) is 11.6 Å². The molecule has 4 aliphatic rings. The van der Waals surface area contributed by atoms with Crippen molar-refractivity contribution in [1.82, 2.24) is 0 Å². The Balaban J connectivity index is 1.65. The van der Waals surface area contributed by atoms with E-state index >= 15 is 0 Å². The molecule has 2 unspecified atom stereocenters. The SMILES string of the molecule is CC(C)CCC[C@@H](C)[C@H]1CC[C@@]2(C)C3=CC[C@H]4C(C)(C)C(O)CC[C@]4(C)[C@H]3C(O)C[C@]12C. The number of aliphatic hydroxyl groups is 2. The van der Waals surface area contributed by atoms with Crippen LogP contribution in [0.1, 0.15) is 113 Å². The second-order valence-corrected chi connectivity index (χ2v) is 14.3. The summed E-state index contributed by atoms with van der Waals surface area (Å²) in [5.41, 5.74) is 2.01. The van der Waals surface area contributed by atoms with Crippen LogP contribution in [-0.4, -0.2) is 22.4 Å². The summed E-state index contributed by atoms with van der Waals surface area (Å²) in [5, 5.41) is 22.6. The van der Waals surface area contributed by atoms with Crippen molar-refractivity contribution >= 4 is 0 Å². The van der Waals surface area contributed by atoms with Crippen LogP contribution >= 0.6 is 0 Å². The lowest BCUT2D eigenvalue weighted by Crippen LogP contribution is -2.61. The smallest absolute Gasteiger partial charge is 0.0616 e. The van der Waals surface area contributed by atoms with Gasteiger partial charge in [-0.3, -0.25) is 0 Å². The second kappa shape index (κ2) is 8.11. The van der Waals surface area contributed by atoms with Crippen LogP contribution in [0.2, 0.25) is 0 Å². The van der Waals surface area contributed by atoms with Gasteiger partial charge in [-0.1, -0.05) is 86.3 Å². The lowest BCUT2D eigenvalue weighted by molar-refractivity contribution is -0.160. The highest BCUT2D eigenvalue weighted by Gasteiger charge is 2.67. The summed E-state index contributed by atoms with van der Waals surface area (Å²) in [7, 11) is 0. The van der Waals surface area contributed by atoms with Crippen LogP contribution < -0.4 is 0 Å². The van der Waals surface area contributed by atoms with Gasteiger partial charge in [0.1, 0.15) is 0 Å². The molecule has 2 heteroatoms. The minimum absolute atomic E-state index is 0.0838. The number of aliphatic hydroxyl groups excluding tert-OH is 2. The molecule has 0 spiro atoms. The quantitative estimate of drug-likeness (QED) is 0.434. The van der Waals surface area contributed by atoms with Crippen molar-refractivity contribution in [3.8, 4) is 0 Å². The maximum absolute atomic E-state index is 11.8. The molecule has 0 amide bonds. The molecule has 0 aliphatic heterocycles. The molecule has 3 fully saturated rings. The first-order valence-corrected chi connectivity index (χ1v) is 13.9. The molecule has 0 aromatic heterocycles. The van der Waals surface area contributed by atoms with E-state index in [0.717, 1.165) is 37.5 Å².